The van der Waals surface area contributed by atoms with Gasteiger partial charge < -0.3 is 19.3 Å². The van der Waals surface area contributed by atoms with Crippen LogP contribution >= 0.6 is 11.6 Å². The lowest BCUT2D eigenvalue weighted by Gasteiger charge is -2.26. The Morgan fingerprint density at radius 2 is 2.10 bits per heavy atom. The van der Waals surface area contributed by atoms with E-state index in [4.69, 9.17) is 21.1 Å². The summed E-state index contributed by atoms with van der Waals surface area (Å²) in [7, 11) is 1.63. The molecule has 4 rings (SSSR count). The molecule has 1 amide bonds. The molecule has 2 saturated heterocycles. The lowest BCUT2D eigenvalue weighted by molar-refractivity contribution is 0.0501. The van der Waals surface area contributed by atoms with Gasteiger partial charge in [-0.05, 0) is 31.7 Å². The van der Waals surface area contributed by atoms with Crippen LogP contribution in [-0.2, 0) is 11.3 Å². The van der Waals surface area contributed by atoms with Gasteiger partial charge in [-0.1, -0.05) is 29.8 Å². The molecular weight excluding hydrogens is 404 g/mol. The summed E-state index contributed by atoms with van der Waals surface area (Å²) in [5.41, 5.74) is 1.16. The Morgan fingerprint density at radius 3 is 2.83 bits per heavy atom. The van der Waals surface area contributed by atoms with Crippen molar-refractivity contribution in [3.8, 4) is 5.75 Å². The number of methoxy groups -OCH3 is 1. The van der Waals surface area contributed by atoms with Gasteiger partial charge in [-0.25, -0.2) is 9.97 Å². The van der Waals surface area contributed by atoms with Crippen LogP contribution in [0.25, 0.3) is 0 Å². The highest BCUT2D eigenvalue weighted by molar-refractivity contribution is 6.33. The van der Waals surface area contributed by atoms with Crippen LogP contribution in [0.5, 0.6) is 5.75 Å². The first kappa shape index (κ1) is 20.9. The lowest BCUT2D eigenvalue weighted by atomic mass is 10.1. The fourth-order valence-corrected chi connectivity index (χ4v) is 4.19. The molecule has 1 atom stereocenters. The van der Waals surface area contributed by atoms with E-state index in [1.807, 2.05) is 24.3 Å². The largest absolute Gasteiger partial charge is 0.496 e. The second-order valence-corrected chi connectivity index (χ2v) is 8.10. The van der Waals surface area contributed by atoms with Gasteiger partial charge in [-0.2, -0.15) is 0 Å². The Balaban J connectivity index is 1.62. The molecule has 1 aromatic carbocycles. The third-order valence-electron chi connectivity index (χ3n) is 5.61. The van der Waals surface area contributed by atoms with Gasteiger partial charge in [0.15, 0.2) is 5.69 Å². The van der Waals surface area contributed by atoms with E-state index in [0.717, 1.165) is 56.7 Å². The van der Waals surface area contributed by atoms with Crippen molar-refractivity contribution in [1.82, 2.24) is 14.9 Å². The third-order valence-corrected chi connectivity index (χ3v) is 5.89. The maximum absolute atomic E-state index is 13.6. The standard InChI is InChI=1S/C22H27ClN4O3/c1-29-19-9-3-2-7-16(19)14-27(15-17-8-6-12-30-17)21(28)20-18(23)13-24-22(25-20)26-10-4-5-11-26/h2-3,7,9,13,17H,4-6,8,10-12,14-15H2,1H3. The van der Waals surface area contributed by atoms with E-state index < -0.39 is 0 Å². The number of rotatable bonds is 7. The van der Waals surface area contributed by atoms with E-state index in [2.05, 4.69) is 14.9 Å². The third kappa shape index (κ3) is 4.68. The predicted molar refractivity (Wildman–Crippen MR) is 115 cm³/mol. The molecule has 1 aromatic heterocycles. The van der Waals surface area contributed by atoms with E-state index in [1.54, 1.807) is 12.0 Å². The average molecular weight is 431 g/mol. The summed E-state index contributed by atoms with van der Waals surface area (Å²) < 4.78 is 11.3. The van der Waals surface area contributed by atoms with E-state index in [9.17, 15) is 4.79 Å². The molecule has 1 unspecified atom stereocenters. The summed E-state index contributed by atoms with van der Waals surface area (Å²) >= 11 is 6.37. The second kappa shape index (κ2) is 9.62. The number of benzene rings is 1. The zero-order valence-corrected chi connectivity index (χ0v) is 18.0. The predicted octanol–water partition coefficient (Wildman–Crippen LogP) is 3.56. The normalized spacial score (nSPS) is 18.6. The average Bonchev–Trinajstić information content (AvgIpc) is 3.48. The minimum Gasteiger partial charge on any atom is -0.496 e. The zero-order chi connectivity index (χ0) is 20.9. The number of para-hydroxylation sites is 1. The Hall–Kier alpha value is -2.38. The number of aromatic nitrogens is 2. The molecule has 0 N–H and O–H groups in total. The van der Waals surface area contributed by atoms with Crippen molar-refractivity contribution >= 4 is 23.5 Å². The molecule has 0 spiro atoms. The number of halogens is 1. The van der Waals surface area contributed by atoms with Gasteiger partial charge in [-0.3, -0.25) is 4.79 Å². The molecule has 3 heterocycles. The first-order valence-corrected chi connectivity index (χ1v) is 10.8. The summed E-state index contributed by atoms with van der Waals surface area (Å²) in [6.07, 6.45) is 5.70. The van der Waals surface area contributed by atoms with Crippen LogP contribution in [0, 0.1) is 0 Å². The summed E-state index contributed by atoms with van der Waals surface area (Å²) in [4.78, 5) is 26.3. The molecule has 160 valence electrons. The number of ether oxygens (including phenoxy) is 2. The van der Waals surface area contributed by atoms with Crippen molar-refractivity contribution in [2.24, 2.45) is 0 Å². The van der Waals surface area contributed by atoms with Crippen molar-refractivity contribution in [3.63, 3.8) is 0 Å². The van der Waals surface area contributed by atoms with Crippen molar-refractivity contribution < 1.29 is 14.3 Å². The summed E-state index contributed by atoms with van der Waals surface area (Å²) in [6, 6.07) is 7.72. The van der Waals surface area contributed by atoms with Gasteiger partial charge >= 0.3 is 0 Å². The van der Waals surface area contributed by atoms with Gasteiger partial charge in [-0.15, -0.1) is 0 Å². The monoisotopic (exact) mass is 430 g/mol. The molecule has 2 fully saturated rings. The van der Waals surface area contributed by atoms with Gasteiger partial charge in [0.25, 0.3) is 5.91 Å². The van der Waals surface area contributed by atoms with Gasteiger partial charge in [0.1, 0.15) is 5.75 Å². The Morgan fingerprint density at radius 1 is 1.30 bits per heavy atom. The minimum absolute atomic E-state index is 0.0160. The van der Waals surface area contributed by atoms with Crippen LogP contribution in [0.2, 0.25) is 5.02 Å². The van der Waals surface area contributed by atoms with E-state index in [0.29, 0.717) is 19.0 Å². The highest BCUT2D eigenvalue weighted by Crippen LogP contribution is 2.25. The first-order valence-electron chi connectivity index (χ1n) is 10.5. The highest BCUT2D eigenvalue weighted by atomic mass is 35.5. The van der Waals surface area contributed by atoms with Crippen LogP contribution in [0.15, 0.2) is 30.5 Å². The number of hydrogen-bond donors (Lipinski definition) is 0. The number of anilines is 1. The van der Waals surface area contributed by atoms with Gasteiger partial charge in [0, 0.05) is 38.3 Å². The van der Waals surface area contributed by atoms with Crippen LogP contribution in [0.3, 0.4) is 0 Å². The highest BCUT2D eigenvalue weighted by Gasteiger charge is 2.28. The molecule has 2 aliphatic heterocycles. The lowest BCUT2D eigenvalue weighted by Crippen LogP contribution is -2.38. The van der Waals surface area contributed by atoms with Crippen molar-refractivity contribution in [1.29, 1.82) is 0 Å². The van der Waals surface area contributed by atoms with Crippen molar-refractivity contribution in [2.45, 2.75) is 38.3 Å². The molecule has 0 radical (unpaired) electrons. The number of hydrogen-bond acceptors (Lipinski definition) is 6. The summed E-state index contributed by atoms with van der Waals surface area (Å²) in [5, 5.41) is 0.264. The Labute approximate surface area is 182 Å². The maximum Gasteiger partial charge on any atom is 0.274 e. The number of amides is 1. The SMILES string of the molecule is COc1ccccc1CN(CC1CCCO1)C(=O)c1nc(N2CCCC2)ncc1Cl. The zero-order valence-electron chi connectivity index (χ0n) is 17.2. The fourth-order valence-electron chi connectivity index (χ4n) is 4.02. The second-order valence-electron chi connectivity index (χ2n) is 7.69. The molecule has 8 heteroatoms. The summed E-state index contributed by atoms with van der Waals surface area (Å²) in [5.74, 6) is 1.09. The quantitative estimate of drug-likeness (QED) is 0.669. The molecule has 7 nitrogen and oxygen atoms in total. The molecule has 0 saturated carbocycles. The first-order chi connectivity index (χ1) is 14.7. The number of carbonyl (C=O) groups is 1. The topological polar surface area (TPSA) is 67.8 Å². The number of carbonyl (C=O) groups excluding carboxylic acids is 1. The minimum atomic E-state index is -0.218. The smallest absolute Gasteiger partial charge is 0.274 e. The van der Waals surface area contributed by atoms with Gasteiger partial charge in [0.2, 0.25) is 5.95 Å². The van der Waals surface area contributed by atoms with Crippen LogP contribution in [0.4, 0.5) is 5.95 Å². The van der Waals surface area contributed by atoms with E-state index in [1.165, 1.54) is 6.20 Å². The molecule has 0 bridgehead atoms. The Bertz CT molecular complexity index is 882. The van der Waals surface area contributed by atoms with Crippen LogP contribution in [-0.4, -0.2) is 60.2 Å². The Kier molecular flexibility index (Phi) is 6.69. The molecule has 2 aromatic rings. The van der Waals surface area contributed by atoms with Crippen molar-refractivity contribution in [3.05, 3.63) is 46.7 Å². The molecule has 0 aliphatic carbocycles. The molecular formula is C22H27ClN4O3. The van der Waals surface area contributed by atoms with Crippen molar-refractivity contribution in [2.75, 3.05) is 38.3 Å². The maximum atomic E-state index is 13.6. The molecule has 2 aliphatic rings. The molecule has 30 heavy (non-hydrogen) atoms. The van der Waals surface area contributed by atoms with Crippen LogP contribution in [0.1, 0.15) is 41.7 Å². The van der Waals surface area contributed by atoms with Crippen LogP contribution < -0.4 is 9.64 Å². The van der Waals surface area contributed by atoms with Gasteiger partial charge in [0.05, 0.1) is 24.4 Å². The van der Waals surface area contributed by atoms with E-state index >= 15 is 0 Å². The fraction of sp³-hybridized carbons (Fsp3) is 0.500. The van der Waals surface area contributed by atoms with E-state index in [-0.39, 0.29) is 22.7 Å². The summed E-state index contributed by atoms with van der Waals surface area (Å²) in [6.45, 7) is 3.40. The number of nitrogens with zero attached hydrogens (tertiary/aromatic N) is 4.